The van der Waals surface area contributed by atoms with Gasteiger partial charge in [-0.05, 0) is 91.1 Å². The molecule has 3 heteroatoms. The molecule has 0 aromatic carbocycles. The molecular weight excluding hydrogens is 420 g/mol. The van der Waals surface area contributed by atoms with Crippen LogP contribution in [0.25, 0.3) is 0 Å². The van der Waals surface area contributed by atoms with E-state index in [2.05, 4.69) is 60.3 Å². The topological polar surface area (TPSA) is 60.7 Å². The van der Waals surface area contributed by atoms with Crippen LogP contribution >= 0.6 is 0 Å². The molecule has 3 N–H and O–H groups in total. The molecule has 0 amide bonds. The summed E-state index contributed by atoms with van der Waals surface area (Å²) in [5.41, 5.74) is 3.16. The molecule has 3 fully saturated rings. The molecule has 0 spiro atoms. The van der Waals surface area contributed by atoms with Gasteiger partial charge in [-0.2, -0.15) is 0 Å². The van der Waals surface area contributed by atoms with Gasteiger partial charge in [0, 0.05) is 6.42 Å². The Morgan fingerprint density at radius 1 is 1.09 bits per heavy atom. The molecule has 0 saturated heterocycles. The molecule has 0 aliphatic heterocycles. The largest absolute Gasteiger partial charge is 0.393 e. The van der Waals surface area contributed by atoms with Gasteiger partial charge in [0.25, 0.3) is 0 Å². The van der Waals surface area contributed by atoms with Crippen molar-refractivity contribution in [2.45, 2.75) is 124 Å². The highest BCUT2D eigenvalue weighted by atomic mass is 16.3. The molecule has 3 aliphatic rings. The maximum Gasteiger partial charge on any atom is 0.0811 e. The summed E-state index contributed by atoms with van der Waals surface area (Å²) >= 11 is 0. The zero-order valence-corrected chi connectivity index (χ0v) is 22.8. The van der Waals surface area contributed by atoms with E-state index < -0.39 is 17.8 Å². The average Bonchev–Trinajstić information content (AvgIpc) is 3.12. The third kappa shape index (κ3) is 5.57. The van der Waals surface area contributed by atoms with Gasteiger partial charge in [-0.25, -0.2) is 0 Å². The Balaban J connectivity index is 1.67. The number of hydrogen-bond donors (Lipinski definition) is 3. The number of aliphatic hydroxyl groups is 3. The summed E-state index contributed by atoms with van der Waals surface area (Å²) in [6, 6.07) is 0. The van der Waals surface area contributed by atoms with Gasteiger partial charge in [0.15, 0.2) is 0 Å². The van der Waals surface area contributed by atoms with Crippen molar-refractivity contribution >= 4 is 0 Å². The maximum atomic E-state index is 11.2. The van der Waals surface area contributed by atoms with Gasteiger partial charge in [-0.3, -0.25) is 0 Å². The summed E-state index contributed by atoms with van der Waals surface area (Å²) in [6.45, 7) is 17.7. The van der Waals surface area contributed by atoms with Crippen LogP contribution < -0.4 is 0 Å². The van der Waals surface area contributed by atoms with Gasteiger partial charge in [0.1, 0.15) is 0 Å². The van der Waals surface area contributed by atoms with Crippen LogP contribution in [0.4, 0.5) is 0 Å². The lowest BCUT2D eigenvalue weighted by atomic mass is 9.60. The van der Waals surface area contributed by atoms with Gasteiger partial charge in [0.05, 0.1) is 17.8 Å². The SMILES string of the molecule is C=C1C(=CC=C2CCC[C@@]3(C)C2CCC3C(C)CCCC(O)(C(C)C)C(C)C)CC(O)C[C@@H]1O. The van der Waals surface area contributed by atoms with E-state index in [1.165, 1.54) is 38.5 Å². The minimum absolute atomic E-state index is 0.291. The predicted octanol–water partition coefficient (Wildman–Crippen LogP) is 6.98. The summed E-state index contributed by atoms with van der Waals surface area (Å²) < 4.78 is 0. The summed E-state index contributed by atoms with van der Waals surface area (Å²) in [6.07, 6.45) is 13.9. The summed E-state index contributed by atoms with van der Waals surface area (Å²) in [5, 5.41) is 31.5. The van der Waals surface area contributed by atoms with Gasteiger partial charge < -0.3 is 15.3 Å². The molecule has 4 unspecified atom stereocenters. The third-order valence-electron chi connectivity index (χ3n) is 10.2. The number of rotatable bonds is 8. The third-order valence-corrected chi connectivity index (χ3v) is 10.2. The summed E-state index contributed by atoms with van der Waals surface area (Å²) in [7, 11) is 0. The molecule has 0 aromatic heterocycles. The first-order valence-electron chi connectivity index (χ1n) is 14.1. The van der Waals surface area contributed by atoms with E-state index in [1.54, 1.807) is 5.57 Å². The van der Waals surface area contributed by atoms with Crippen molar-refractivity contribution in [1.29, 1.82) is 0 Å². The normalized spacial score (nSPS) is 36.0. The Morgan fingerprint density at radius 2 is 1.76 bits per heavy atom. The first kappa shape index (κ1) is 27.7. The molecule has 3 aliphatic carbocycles. The van der Waals surface area contributed by atoms with Crippen molar-refractivity contribution in [1.82, 2.24) is 0 Å². The Kier molecular flexibility index (Phi) is 8.97. The Labute approximate surface area is 209 Å². The van der Waals surface area contributed by atoms with E-state index in [0.29, 0.717) is 41.9 Å². The second-order valence-electron chi connectivity index (χ2n) is 12.8. The molecule has 3 saturated carbocycles. The van der Waals surface area contributed by atoms with Crippen molar-refractivity contribution < 1.29 is 15.3 Å². The maximum absolute atomic E-state index is 11.2. The van der Waals surface area contributed by atoms with Crippen LogP contribution in [-0.2, 0) is 0 Å². The summed E-state index contributed by atoms with van der Waals surface area (Å²) in [4.78, 5) is 0. The monoisotopic (exact) mass is 472 g/mol. The van der Waals surface area contributed by atoms with Crippen LogP contribution in [-0.4, -0.2) is 33.1 Å². The van der Waals surface area contributed by atoms with Crippen molar-refractivity contribution in [2.24, 2.45) is 35.0 Å². The molecule has 6 atom stereocenters. The van der Waals surface area contributed by atoms with E-state index in [1.807, 2.05) is 0 Å². The van der Waals surface area contributed by atoms with E-state index in [-0.39, 0.29) is 0 Å². The fourth-order valence-corrected chi connectivity index (χ4v) is 7.83. The molecule has 0 bridgehead atoms. The number of fused-ring (bicyclic) bond motifs is 1. The fraction of sp³-hybridized carbons (Fsp3) is 0.806. The first-order chi connectivity index (χ1) is 15.9. The lowest BCUT2D eigenvalue weighted by molar-refractivity contribution is -0.0568. The second-order valence-corrected chi connectivity index (χ2v) is 12.8. The number of aliphatic hydroxyl groups excluding tert-OH is 2. The minimum Gasteiger partial charge on any atom is -0.393 e. The lowest BCUT2D eigenvalue weighted by Crippen LogP contribution is -2.40. The highest BCUT2D eigenvalue weighted by Crippen LogP contribution is 2.60. The van der Waals surface area contributed by atoms with Crippen LogP contribution in [0.5, 0.6) is 0 Å². The first-order valence-corrected chi connectivity index (χ1v) is 14.1. The number of hydrogen-bond acceptors (Lipinski definition) is 3. The highest BCUT2D eigenvalue weighted by Gasteiger charge is 2.50. The van der Waals surface area contributed by atoms with Gasteiger partial charge in [-0.1, -0.05) is 78.7 Å². The smallest absolute Gasteiger partial charge is 0.0811 e. The van der Waals surface area contributed by atoms with Gasteiger partial charge >= 0.3 is 0 Å². The summed E-state index contributed by atoms with van der Waals surface area (Å²) in [5.74, 6) is 2.64. The average molecular weight is 473 g/mol. The van der Waals surface area contributed by atoms with E-state index in [4.69, 9.17) is 0 Å². The minimum atomic E-state index is -0.620. The van der Waals surface area contributed by atoms with Crippen molar-refractivity contribution in [2.75, 3.05) is 0 Å². The van der Waals surface area contributed by atoms with Crippen molar-refractivity contribution in [3.8, 4) is 0 Å². The van der Waals surface area contributed by atoms with Crippen LogP contribution in [0.3, 0.4) is 0 Å². The van der Waals surface area contributed by atoms with Crippen LogP contribution in [0.15, 0.2) is 35.5 Å². The Hall–Kier alpha value is -0.900. The molecule has 0 radical (unpaired) electrons. The Morgan fingerprint density at radius 3 is 2.41 bits per heavy atom. The zero-order chi connectivity index (χ0) is 25.3. The highest BCUT2D eigenvalue weighted by molar-refractivity contribution is 5.38. The molecule has 0 heterocycles. The van der Waals surface area contributed by atoms with Crippen LogP contribution in [0.1, 0.15) is 106 Å². The molecule has 194 valence electrons. The zero-order valence-electron chi connectivity index (χ0n) is 22.8. The van der Waals surface area contributed by atoms with E-state index in [0.717, 1.165) is 29.9 Å². The van der Waals surface area contributed by atoms with Gasteiger partial charge in [-0.15, -0.1) is 0 Å². The van der Waals surface area contributed by atoms with Crippen LogP contribution in [0, 0.1) is 35.0 Å². The molecule has 3 rings (SSSR count). The quantitative estimate of drug-likeness (QED) is 0.357. The van der Waals surface area contributed by atoms with E-state index >= 15 is 0 Å². The molecule has 3 nitrogen and oxygen atoms in total. The van der Waals surface area contributed by atoms with E-state index in [9.17, 15) is 15.3 Å². The molecule has 34 heavy (non-hydrogen) atoms. The number of allylic oxidation sites excluding steroid dienone is 3. The second kappa shape index (κ2) is 11.0. The van der Waals surface area contributed by atoms with Crippen LogP contribution in [0.2, 0.25) is 0 Å². The lowest BCUT2D eigenvalue weighted by Gasteiger charge is -2.44. The van der Waals surface area contributed by atoms with Crippen molar-refractivity contribution in [3.05, 3.63) is 35.5 Å². The fourth-order valence-electron chi connectivity index (χ4n) is 7.83. The van der Waals surface area contributed by atoms with Gasteiger partial charge in [0.2, 0.25) is 0 Å². The molecule has 0 aromatic rings. The standard InChI is InChI=1S/C31H52O3/c1-20(2)31(34,21(3)4)17-8-10-22(5)27-14-15-28-24(11-9-16-30(27,28)7)12-13-25-18-26(32)19-29(33)23(25)6/h12-13,20-22,26-29,32-34H,6,8-11,14-19H2,1-5,7H3/t22?,26?,27?,28?,29-,30+/m0/s1. The van der Waals surface area contributed by atoms with Crippen molar-refractivity contribution in [3.63, 3.8) is 0 Å². The predicted molar refractivity (Wildman–Crippen MR) is 142 cm³/mol. The molecular formula is C31H52O3. The Bertz CT molecular complexity index is 768.